The predicted molar refractivity (Wildman–Crippen MR) is 78.8 cm³/mol. The lowest BCUT2D eigenvalue weighted by atomic mass is 10.1. The van der Waals surface area contributed by atoms with Gasteiger partial charge in [0.25, 0.3) is 0 Å². The number of nitrogen functional groups attached to an aromatic ring is 1. The van der Waals surface area contributed by atoms with Crippen molar-refractivity contribution in [3.05, 3.63) is 66.4 Å². The molecule has 0 unspecified atom stereocenters. The number of hydrogen-bond acceptors (Lipinski definition) is 3. The van der Waals surface area contributed by atoms with E-state index in [0.29, 0.717) is 16.9 Å². The van der Waals surface area contributed by atoms with Crippen LogP contribution >= 0.6 is 0 Å². The number of para-hydroxylation sites is 1. The van der Waals surface area contributed by atoms with Gasteiger partial charge in [0.1, 0.15) is 5.69 Å². The Labute approximate surface area is 116 Å². The number of carbonyl (C=O) groups excluding carboxylic acids is 1. The number of aldehydes is 1. The highest BCUT2D eigenvalue weighted by Crippen LogP contribution is 2.23. The van der Waals surface area contributed by atoms with Gasteiger partial charge in [-0.2, -0.15) is 5.10 Å². The molecule has 4 nitrogen and oxygen atoms in total. The maximum Gasteiger partial charge on any atom is 0.153 e. The van der Waals surface area contributed by atoms with Crippen molar-refractivity contribution in [3.8, 4) is 16.9 Å². The number of anilines is 1. The highest BCUT2D eigenvalue weighted by Gasteiger charge is 2.11. The Hall–Kier alpha value is -2.88. The lowest BCUT2D eigenvalue weighted by Crippen LogP contribution is -1.94. The Kier molecular flexibility index (Phi) is 3.05. The van der Waals surface area contributed by atoms with Crippen LogP contribution in [-0.4, -0.2) is 16.1 Å². The van der Waals surface area contributed by atoms with E-state index in [1.807, 2.05) is 42.5 Å². The second-order valence-corrected chi connectivity index (χ2v) is 4.45. The zero-order valence-electron chi connectivity index (χ0n) is 10.7. The second kappa shape index (κ2) is 5.01. The number of hydrogen-bond donors (Lipinski definition) is 1. The molecule has 1 aromatic heterocycles. The zero-order chi connectivity index (χ0) is 13.9. The van der Waals surface area contributed by atoms with Crippen molar-refractivity contribution in [3.63, 3.8) is 0 Å². The highest BCUT2D eigenvalue weighted by atomic mass is 16.1. The van der Waals surface area contributed by atoms with Gasteiger partial charge in [-0.15, -0.1) is 0 Å². The molecule has 1 heterocycles. The first-order valence-corrected chi connectivity index (χ1v) is 6.24. The van der Waals surface area contributed by atoms with Crippen molar-refractivity contribution in [2.24, 2.45) is 0 Å². The molecule has 0 aliphatic carbocycles. The number of nitrogens with two attached hydrogens (primary N) is 1. The molecule has 2 aromatic carbocycles. The Morgan fingerprint density at radius 3 is 2.35 bits per heavy atom. The van der Waals surface area contributed by atoms with Gasteiger partial charge in [0, 0.05) is 17.4 Å². The third-order valence-electron chi connectivity index (χ3n) is 3.07. The van der Waals surface area contributed by atoms with Gasteiger partial charge in [-0.05, 0) is 24.3 Å². The van der Waals surface area contributed by atoms with E-state index < -0.39 is 0 Å². The Morgan fingerprint density at radius 1 is 1.00 bits per heavy atom. The van der Waals surface area contributed by atoms with Gasteiger partial charge in [0.2, 0.25) is 0 Å². The van der Waals surface area contributed by atoms with Crippen LogP contribution in [0, 0.1) is 0 Å². The third kappa shape index (κ3) is 2.19. The molecule has 0 bridgehead atoms. The summed E-state index contributed by atoms with van der Waals surface area (Å²) in [5.41, 5.74) is 9.36. The predicted octanol–water partition coefficient (Wildman–Crippen LogP) is 2.93. The topological polar surface area (TPSA) is 60.9 Å². The van der Waals surface area contributed by atoms with Gasteiger partial charge >= 0.3 is 0 Å². The first-order valence-electron chi connectivity index (χ1n) is 6.24. The summed E-state index contributed by atoms with van der Waals surface area (Å²) in [6, 6.07) is 17.0. The summed E-state index contributed by atoms with van der Waals surface area (Å²) >= 11 is 0. The summed E-state index contributed by atoms with van der Waals surface area (Å²) in [5, 5.41) is 4.50. The lowest BCUT2D eigenvalue weighted by molar-refractivity contribution is 0.112. The number of nitrogens with zero attached hydrogens (tertiary/aromatic N) is 2. The van der Waals surface area contributed by atoms with E-state index in [2.05, 4.69) is 5.10 Å². The Bertz CT molecular complexity index is 730. The fraction of sp³-hybridized carbons (Fsp3) is 0. The first-order chi connectivity index (χ1) is 9.78. The van der Waals surface area contributed by atoms with Crippen molar-refractivity contribution >= 4 is 12.0 Å². The summed E-state index contributed by atoms with van der Waals surface area (Å²) < 4.78 is 1.70. The van der Waals surface area contributed by atoms with Crippen LogP contribution in [0.5, 0.6) is 0 Å². The van der Waals surface area contributed by atoms with Crippen LogP contribution in [0.3, 0.4) is 0 Å². The SMILES string of the molecule is Nc1ccc(-c2nn(-c3ccccc3)cc2C=O)cc1. The van der Waals surface area contributed by atoms with Gasteiger partial charge in [0.05, 0.1) is 11.3 Å². The number of benzene rings is 2. The average molecular weight is 263 g/mol. The van der Waals surface area contributed by atoms with Crippen molar-refractivity contribution in [2.75, 3.05) is 5.73 Å². The molecule has 20 heavy (non-hydrogen) atoms. The monoisotopic (exact) mass is 263 g/mol. The molecule has 3 aromatic rings. The van der Waals surface area contributed by atoms with E-state index in [9.17, 15) is 4.79 Å². The Morgan fingerprint density at radius 2 is 1.70 bits per heavy atom. The van der Waals surface area contributed by atoms with E-state index in [-0.39, 0.29) is 0 Å². The van der Waals surface area contributed by atoms with Crippen LogP contribution < -0.4 is 5.73 Å². The number of aromatic nitrogens is 2. The van der Waals surface area contributed by atoms with Gasteiger partial charge < -0.3 is 5.73 Å². The minimum Gasteiger partial charge on any atom is -0.399 e. The molecule has 0 radical (unpaired) electrons. The van der Waals surface area contributed by atoms with Gasteiger partial charge in [-0.1, -0.05) is 30.3 Å². The maximum atomic E-state index is 11.2. The fourth-order valence-electron chi connectivity index (χ4n) is 2.05. The average Bonchev–Trinajstić information content (AvgIpc) is 2.93. The quantitative estimate of drug-likeness (QED) is 0.583. The third-order valence-corrected chi connectivity index (χ3v) is 3.07. The van der Waals surface area contributed by atoms with Gasteiger partial charge in [-0.3, -0.25) is 4.79 Å². The van der Waals surface area contributed by atoms with E-state index >= 15 is 0 Å². The maximum absolute atomic E-state index is 11.2. The molecular formula is C16H13N3O. The zero-order valence-corrected chi connectivity index (χ0v) is 10.7. The minimum absolute atomic E-state index is 0.554. The van der Waals surface area contributed by atoms with E-state index in [1.54, 1.807) is 23.0 Å². The van der Waals surface area contributed by atoms with Crippen molar-refractivity contribution in [1.29, 1.82) is 0 Å². The highest BCUT2D eigenvalue weighted by molar-refractivity contribution is 5.85. The molecule has 0 spiro atoms. The van der Waals surface area contributed by atoms with Crippen molar-refractivity contribution < 1.29 is 4.79 Å². The molecule has 0 amide bonds. The molecule has 0 atom stereocenters. The van der Waals surface area contributed by atoms with E-state index in [0.717, 1.165) is 17.5 Å². The summed E-state index contributed by atoms with van der Waals surface area (Å²) in [5.74, 6) is 0. The first kappa shape index (κ1) is 12.2. The molecular weight excluding hydrogens is 250 g/mol. The van der Waals surface area contributed by atoms with Crippen LogP contribution in [0.4, 0.5) is 5.69 Å². The van der Waals surface area contributed by atoms with Crippen LogP contribution in [0.15, 0.2) is 60.8 Å². The molecule has 98 valence electrons. The number of carbonyl (C=O) groups is 1. The van der Waals surface area contributed by atoms with Crippen molar-refractivity contribution in [1.82, 2.24) is 9.78 Å². The lowest BCUT2D eigenvalue weighted by Gasteiger charge is -2.00. The fourth-order valence-corrected chi connectivity index (χ4v) is 2.05. The molecule has 4 heteroatoms. The van der Waals surface area contributed by atoms with E-state index in [4.69, 9.17) is 5.73 Å². The van der Waals surface area contributed by atoms with E-state index in [1.165, 1.54) is 0 Å². The number of rotatable bonds is 3. The molecule has 0 aliphatic heterocycles. The summed E-state index contributed by atoms with van der Waals surface area (Å²) in [4.78, 5) is 11.2. The molecule has 0 saturated heterocycles. The van der Waals surface area contributed by atoms with Crippen LogP contribution in [0.25, 0.3) is 16.9 Å². The van der Waals surface area contributed by atoms with Gasteiger partial charge in [0.15, 0.2) is 6.29 Å². The molecule has 2 N–H and O–H groups in total. The molecule has 3 rings (SSSR count). The second-order valence-electron chi connectivity index (χ2n) is 4.45. The smallest absolute Gasteiger partial charge is 0.153 e. The van der Waals surface area contributed by atoms with Crippen LogP contribution in [0.1, 0.15) is 10.4 Å². The summed E-state index contributed by atoms with van der Waals surface area (Å²) in [7, 11) is 0. The molecule has 0 saturated carbocycles. The minimum atomic E-state index is 0.554. The van der Waals surface area contributed by atoms with Crippen LogP contribution in [0.2, 0.25) is 0 Å². The van der Waals surface area contributed by atoms with Gasteiger partial charge in [-0.25, -0.2) is 4.68 Å². The van der Waals surface area contributed by atoms with Crippen molar-refractivity contribution in [2.45, 2.75) is 0 Å². The molecule has 0 fully saturated rings. The van der Waals surface area contributed by atoms with Crippen LogP contribution in [-0.2, 0) is 0 Å². The molecule has 0 aliphatic rings. The Balaban J connectivity index is 2.10. The summed E-state index contributed by atoms with van der Waals surface area (Å²) in [6.45, 7) is 0. The summed E-state index contributed by atoms with van der Waals surface area (Å²) in [6.07, 6.45) is 2.55. The largest absolute Gasteiger partial charge is 0.399 e. The standard InChI is InChI=1S/C16H13N3O/c17-14-8-6-12(7-9-14)16-13(11-20)10-19(18-16)15-4-2-1-3-5-15/h1-11H,17H2. The normalized spacial score (nSPS) is 10.4.